The number of rotatable bonds is 4. The zero-order chi connectivity index (χ0) is 13.0. The predicted molar refractivity (Wildman–Crippen MR) is 71.7 cm³/mol. The molecular formula is C13H22N4O. The summed E-state index contributed by atoms with van der Waals surface area (Å²) >= 11 is 0. The van der Waals surface area contributed by atoms with Crippen molar-refractivity contribution in [2.24, 2.45) is 5.84 Å². The highest BCUT2D eigenvalue weighted by atomic mass is 16.5. The molecule has 5 N–H and O–H groups in total. The summed E-state index contributed by atoms with van der Waals surface area (Å²) in [6.07, 6.45) is 6.30. The Morgan fingerprint density at radius 2 is 2.39 bits per heavy atom. The molecular weight excluding hydrogens is 228 g/mol. The second-order valence-corrected chi connectivity index (χ2v) is 4.87. The van der Waals surface area contributed by atoms with Gasteiger partial charge in [0.25, 0.3) is 0 Å². The molecule has 0 aliphatic carbocycles. The number of hydrazine groups is 1. The van der Waals surface area contributed by atoms with E-state index >= 15 is 0 Å². The van der Waals surface area contributed by atoms with E-state index in [9.17, 15) is 0 Å². The third kappa shape index (κ3) is 2.98. The van der Waals surface area contributed by atoms with E-state index < -0.39 is 0 Å². The molecule has 5 nitrogen and oxygen atoms in total. The monoisotopic (exact) mass is 250 g/mol. The highest BCUT2D eigenvalue weighted by Crippen LogP contribution is 2.28. The van der Waals surface area contributed by atoms with Crippen LogP contribution in [0.4, 0.5) is 5.82 Å². The van der Waals surface area contributed by atoms with E-state index in [1.165, 1.54) is 6.42 Å². The molecule has 1 aliphatic heterocycles. The quantitative estimate of drug-likeness (QED) is 0.556. The average molecular weight is 250 g/mol. The average Bonchev–Trinajstić information content (AvgIpc) is 2.38. The van der Waals surface area contributed by atoms with Gasteiger partial charge in [0.1, 0.15) is 5.82 Å². The zero-order valence-corrected chi connectivity index (χ0v) is 10.9. The van der Waals surface area contributed by atoms with Gasteiger partial charge in [-0.3, -0.25) is 11.3 Å². The predicted octanol–water partition coefficient (Wildman–Crippen LogP) is 1.44. The molecule has 18 heavy (non-hydrogen) atoms. The first-order valence-corrected chi connectivity index (χ1v) is 6.51. The Balaban J connectivity index is 2.12. The lowest BCUT2D eigenvalue weighted by atomic mass is 9.95. The number of hydrogen-bond acceptors (Lipinski definition) is 5. The van der Waals surface area contributed by atoms with Crippen LogP contribution in [-0.4, -0.2) is 17.7 Å². The molecule has 0 aromatic carbocycles. The molecule has 100 valence electrons. The summed E-state index contributed by atoms with van der Waals surface area (Å²) in [5.74, 6) is 6.22. The molecule has 0 radical (unpaired) electrons. The first kappa shape index (κ1) is 13.3. The number of aromatic nitrogens is 1. The van der Waals surface area contributed by atoms with Crippen LogP contribution in [0.5, 0.6) is 0 Å². The third-order valence-electron chi connectivity index (χ3n) is 3.56. The number of nitrogens with one attached hydrogen (secondary N) is 1. The summed E-state index contributed by atoms with van der Waals surface area (Å²) in [5.41, 5.74) is 10.9. The molecule has 2 rings (SSSR count). The van der Waals surface area contributed by atoms with Crippen LogP contribution in [0.1, 0.15) is 42.9 Å². The van der Waals surface area contributed by atoms with Crippen LogP contribution in [-0.2, 0) is 4.74 Å². The number of hydrogen-bond donors (Lipinski definition) is 3. The summed E-state index contributed by atoms with van der Waals surface area (Å²) in [7, 11) is 0. The highest BCUT2D eigenvalue weighted by molar-refractivity contribution is 5.46. The van der Waals surface area contributed by atoms with Crippen molar-refractivity contribution < 1.29 is 4.74 Å². The van der Waals surface area contributed by atoms with Crippen molar-refractivity contribution in [2.75, 3.05) is 12.3 Å². The van der Waals surface area contributed by atoms with Crippen LogP contribution < -0.4 is 17.0 Å². The lowest BCUT2D eigenvalue weighted by molar-refractivity contribution is 0.00502. The van der Waals surface area contributed by atoms with Crippen molar-refractivity contribution in [1.82, 2.24) is 10.4 Å². The minimum absolute atomic E-state index is 0.00167. The fourth-order valence-electron chi connectivity index (χ4n) is 2.57. The van der Waals surface area contributed by atoms with E-state index in [4.69, 9.17) is 16.3 Å². The molecule has 0 bridgehead atoms. The zero-order valence-electron chi connectivity index (χ0n) is 10.9. The highest BCUT2D eigenvalue weighted by Gasteiger charge is 2.23. The van der Waals surface area contributed by atoms with Crippen LogP contribution in [0.25, 0.3) is 0 Å². The topological polar surface area (TPSA) is 86.2 Å². The molecule has 1 aliphatic rings. The van der Waals surface area contributed by atoms with E-state index in [0.717, 1.165) is 37.0 Å². The number of anilines is 1. The van der Waals surface area contributed by atoms with E-state index in [0.29, 0.717) is 5.82 Å². The van der Waals surface area contributed by atoms with E-state index in [1.807, 2.05) is 13.0 Å². The number of ether oxygens (including phenoxy) is 1. The summed E-state index contributed by atoms with van der Waals surface area (Å²) in [5, 5.41) is 0. The molecule has 5 heteroatoms. The third-order valence-corrected chi connectivity index (χ3v) is 3.56. The van der Waals surface area contributed by atoms with Crippen LogP contribution in [0.2, 0.25) is 0 Å². The molecule has 0 amide bonds. The van der Waals surface area contributed by atoms with Crippen molar-refractivity contribution in [3.8, 4) is 0 Å². The molecule has 2 heterocycles. The summed E-state index contributed by atoms with van der Waals surface area (Å²) < 4.78 is 5.75. The molecule has 1 aromatic rings. The van der Waals surface area contributed by atoms with Crippen molar-refractivity contribution in [3.63, 3.8) is 0 Å². The maximum absolute atomic E-state index is 5.96. The van der Waals surface area contributed by atoms with Gasteiger partial charge in [0, 0.05) is 18.4 Å². The van der Waals surface area contributed by atoms with Gasteiger partial charge < -0.3 is 10.5 Å². The second kappa shape index (κ2) is 6.13. The number of aryl methyl sites for hydroxylation is 1. The van der Waals surface area contributed by atoms with E-state index in [1.54, 1.807) is 6.20 Å². The minimum Gasteiger partial charge on any atom is -0.383 e. The van der Waals surface area contributed by atoms with Crippen molar-refractivity contribution in [2.45, 2.75) is 44.8 Å². The van der Waals surface area contributed by atoms with Gasteiger partial charge in [-0.05, 0) is 44.2 Å². The Bertz CT molecular complexity index is 370. The van der Waals surface area contributed by atoms with E-state index in [2.05, 4.69) is 10.4 Å². The summed E-state index contributed by atoms with van der Waals surface area (Å²) in [6, 6.07) is 1.96. The van der Waals surface area contributed by atoms with Crippen LogP contribution in [0.3, 0.4) is 0 Å². The first-order valence-electron chi connectivity index (χ1n) is 6.51. The maximum Gasteiger partial charge on any atom is 0.128 e. The van der Waals surface area contributed by atoms with Gasteiger partial charge in [-0.1, -0.05) is 0 Å². The number of pyridine rings is 1. The fourth-order valence-corrected chi connectivity index (χ4v) is 2.57. The Kier molecular flexibility index (Phi) is 4.52. The second-order valence-electron chi connectivity index (χ2n) is 4.87. The van der Waals surface area contributed by atoms with Gasteiger partial charge in [-0.25, -0.2) is 4.98 Å². The maximum atomic E-state index is 5.96. The summed E-state index contributed by atoms with van der Waals surface area (Å²) in [4.78, 5) is 4.14. The van der Waals surface area contributed by atoms with Crippen molar-refractivity contribution >= 4 is 5.82 Å². The normalized spacial score (nSPS) is 21.8. The largest absolute Gasteiger partial charge is 0.383 e. The molecule has 0 saturated carbocycles. The molecule has 0 spiro atoms. The number of nitrogens with two attached hydrogens (primary N) is 2. The number of nitrogen functional groups attached to an aromatic ring is 1. The number of nitrogens with zero attached hydrogens (tertiary/aromatic N) is 1. The van der Waals surface area contributed by atoms with Crippen molar-refractivity contribution in [3.05, 3.63) is 23.4 Å². The Labute approximate surface area is 108 Å². The van der Waals surface area contributed by atoms with E-state index in [-0.39, 0.29) is 12.1 Å². The molecule has 2 atom stereocenters. The van der Waals surface area contributed by atoms with Gasteiger partial charge in [0.2, 0.25) is 0 Å². The Morgan fingerprint density at radius 1 is 1.56 bits per heavy atom. The Morgan fingerprint density at radius 3 is 3.00 bits per heavy atom. The van der Waals surface area contributed by atoms with Crippen molar-refractivity contribution in [1.29, 1.82) is 0 Å². The lowest BCUT2D eigenvalue weighted by Gasteiger charge is -2.28. The molecule has 1 aromatic heterocycles. The SMILES string of the molecule is Cc1ccnc(N)c1C(CC1CCCCO1)NN. The molecule has 1 fully saturated rings. The minimum atomic E-state index is 0.00167. The Hall–Kier alpha value is -1.17. The van der Waals surface area contributed by atoms with Gasteiger partial charge in [-0.15, -0.1) is 0 Å². The standard InChI is InChI=1S/C13H22N4O/c1-9-5-6-16-13(14)12(9)11(17-15)8-10-4-2-3-7-18-10/h5-6,10-11,17H,2-4,7-8,15H2,1H3,(H2,14,16). The molecule has 2 unspecified atom stereocenters. The summed E-state index contributed by atoms with van der Waals surface area (Å²) in [6.45, 7) is 2.88. The molecule has 1 saturated heterocycles. The van der Waals surface area contributed by atoms with Gasteiger partial charge in [0.15, 0.2) is 0 Å². The first-order chi connectivity index (χ1) is 8.72. The van der Waals surface area contributed by atoms with Crippen LogP contribution in [0, 0.1) is 6.92 Å². The van der Waals surface area contributed by atoms with Crippen LogP contribution >= 0.6 is 0 Å². The van der Waals surface area contributed by atoms with Gasteiger partial charge in [-0.2, -0.15) is 0 Å². The van der Waals surface area contributed by atoms with Gasteiger partial charge in [0.05, 0.1) is 12.1 Å². The lowest BCUT2D eigenvalue weighted by Crippen LogP contribution is -2.34. The van der Waals surface area contributed by atoms with Crippen LogP contribution in [0.15, 0.2) is 12.3 Å². The smallest absolute Gasteiger partial charge is 0.128 e. The van der Waals surface area contributed by atoms with Gasteiger partial charge >= 0.3 is 0 Å². The fraction of sp³-hybridized carbons (Fsp3) is 0.615.